The van der Waals surface area contributed by atoms with Gasteiger partial charge in [0.1, 0.15) is 0 Å². The Morgan fingerprint density at radius 1 is 1.29 bits per heavy atom. The van der Waals surface area contributed by atoms with E-state index in [1.54, 1.807) is 12.1 Å². The van der Waals surface area contributed by atoms with Crippen LogP contribution in [0.2, 0.25) is 5.15 Å². The van der Waals surface area contributed by atoms with Gasteiger partial charge in [0.05, 0.1) is 11.9 Å². The normalized spacial score (nSPS) is 11.5. The quantitative estimate of drug-likeness (QED) is 0.682. The lowest BCUT2D eigenvalue weighted by atomic mass is 10.3. The van der Waals surface area contributed by atoms with Gasteiger partial charge in [0.2, 0.25) is 0 Å². The summed E-state index contributed by atoms with van der Waals surface area (Å²) in [6.45, 7) is 1.44. The van der Waals surface area contributed by atoms with Gasteiger partial charge in [0.15, 0.2) is 17.0 Å². The lowest BCUT2D eigenvalue weighted by Crippen LogP contribution is -2.30. The van der Waals surface area contributed by atoms with Crippen molar-refractivity contribution in [3.8, 4) is 0 Å². The number of aromatic nitrogens is 3. The summed E-state index contributed by atoms with van der Waals surface area (Å²) in [6.07, 6.45) is 4.52. The number of nitrogens with zero attached hydrogens (tertiary/aromatic N) is 3. The largest absolute Gasteiger partial charge is 0.448 e. The van der Waals surface area contributed by atoms with Gasteiger partial charge in [-0.25, -0.2) is 14.8 Å². The van der Waals surface area contributed by atoms with Crippen LogP contribution >= 0.6 is 11.6 Å². The molecule has 0 spiro atoms. The minimum absolute atomic E-state index is 0.0246. The SMILES string of the molecule is CC(OC(=O)c1cnccn1)C(=O)Nc1cccnc1Cl. The van der Waals surface area contributed by atoms with Crippen LogP contribution in [0.3, 0.4) is 0 Å². The van der Waals surface area contributed by atoms with Crippen LogP contribution < -0.4 is 5.32 Å². The summed E-state index contributed by atoms with van der Waals surface area (Å²) in [4.78, 5) is 35.0. The molecule has 108 valence electrons. The van der Waals surface area contributed by atoms with Crippen molar-refractivity contribution in [1.29, 1.82) is 0 Å². The monoisotopic (exact) mass is 306 g/mol. The van der Waals surface area contributed by atoms with Crippen LogP contribution in [0.5, 0.6) is 0 Å². The Morgan fingerprint density at radius 3 is 2.76 bits per heavy atom. The minimum Gasteiger partial charge on any atom is -0.448 e. The number of rotatable bonds is 4. The highest BCUT2D eigenvalue weighted by Gasteiger charge is 2.20. The molecular weight excluding hydrogens is 296 g/mol. The van der Waals surface area contributed by atoms with Crippen molar-refractivity contribution in [3.63, 3.8) is 0 Å². The Morgan fingerprint density at radius 2 is 2.10 bits per heavy atom. The second kappa shape index (κ2) is 6.76. The van der Waals surface area contributed by atoms with Gasteiger partial charge in [-0.1, -0.05) is 11.6 Å². The molecule has 1 amide bonds. The van der Waals surface area contributed by atoms with Crippen LogP contribution in [0.15, 0.2) is 36.9 Å². The van der Waals surface area contributed by atoms with E-state index in [-0.39, 0.29) is 10.8 Å². The molecule has 0 radical (unpaired) electrons. The predicted molar refractivity (Wildman–Crippen MR) is 74.8 cm³/mol. The fourth-order valence-electron chi connectivity index (χ4n) is 1.39. The lowest BCUT2D eigenvalue weighted by Gasteiger charge is -2.13. The predicted octanol–water partition coefficient (Wildman–Crippen LogP) is 1.71. The zero-order chi connectivity index (χ0) is 15.2. The van der Waals surface area contributed by atoms with E-state index in [4.69, 9.17) is 16.3 Å². The summed E-state index contributed by atoms with van der Waals surface area (Å²) in [5.74, 6) is -1.26. The first kappa shape index (κ1) is 14.9. The molecule has 2 aromatic heterocycles. The average Bonchev–Trinajstić information content (AvgIpc) is 2.50. The van der Waals surface area contributed by atoms with Crippen molar-refractivity contribution >= 4 is 29.2 Å². The summed E-state index contributed by atoms with van der Waals surface area (Å²) < 4.78 is 4.99. The Balaban J connectivity index is 1.97. The smallest absolute Gasteiger partial charge is 0.359 e. The van der Waals surface area contributed by atoms with E-state index >= 15 is 0 Å². The average molecular weight is 307 g/mol. The maximum Gasteiger partial charge on any atom is 0.359 e. The van der Waals surface area contributed by atoms with Gasteiger partial charge in [-0.2, -0.15) is 0 Å². The molecule has 2 aromatic rings. The fourth-order valence-corrected chi connectivity index (χ4v) is 1.56. The van der Waals surface area contributed by atoms with Crippen molar-refractivity contribution in [2.45, 2.75) is 13.0 Å². The molecule has 0 aliphatic carbocycles. The van der Waals surface area contributed by atoms with Crippen LogP contribution in [-0.2, 0) is 9.53 Å². The number of anilines is 1. The highest BCUT2D eigenvalue weighted by molar-refractivity contribution is 6.32. The number of hydrogen-bond donors (Lipinski definition) is 1. The molecule has 2 heterocycles. The van der Waals surface area contributed by atoms with E-state index in [2.05, 4.69) is 20.3 Å². The molecule has 2 rings (SSSR count). The highest BCUT2D eigenvalue weighted by Crippen LogP contribution is 2.17. The summed E-state index contributed by atoms with van der Waals surface area (Å²) in [6, 6.07) is 3.21. The molecule has 0 saturated heterocycles. The molecule has 21 heavy (non-hydrogen) atoms. The second-order valence-corrected chi connectivity index (χ2v) is 4.33. The number of carbonyl (C=O) groups excluding carboxylic acids is 2. The van der Waals surface area contributed by atoms with Gasteiger partial charge in [0.25, 0.3) is 5.91 Å². The van der Waals surface area contributed by atoms with Crippen LogP contribution in [-0.4, -0.2) is 32.9 Å². The Labute approximate surface area is 125 Å². The molecule has 0 saturated carbocycles. The zero-order valence-electron chi connectivity index (χ0n) is 11.0. The van der Waals surface area contributed by atoms with Gasteiger partial charge in [-0.3, -0.25) is 9.78 Å². The van der Waals surface area contributed by atoms with Crippen molar-refractivity contribution < 1.29 is 14.3 Å². The van der Waals surface area contributed by atoms with Crippen molar-refractivity contribution in [3.05, 3.63) is 47.8 Å². The van der Waals surface area contributed by atoms with Crippen molar-refractivity contribution in [2.24, 2.45) is 0 Å². The van der Waals surface area contributed by atoms with E-state index < -0.39 is 18.0 Å². The first-order chi connectivity index (χ1) is 10.1. The first-order valence-electron chi connectivity index (χ1n) is 5.96. The third-order valence-electron chi connectivity index (χ3n) is 2.44. The number of halogens is 1. The van der Waals surface area contributed by atoms with Gasteiger partial charge >= 0.3 is 5.97 Å². The maximum absolute atomic E-state index is 11.9. The molecule has 0 aliphatic rings. The molecule has 1 atom stereocenters. The number of esters is 1. The highest BCUT2D eigenvalue weighted by atomic mass is 35.5. The van der Waals surface area contributed by atoms with E-state index in [0.717, 1.165) is 0 Å². The lowest BCUT2D eigenvalue weighted by molar-refractivity contribution is -0.123. The molecule has 0 fully saturated rings. The molecule has 8 heteroatoms. The van der Waals surface area contributed by atoms with E-state index in [1.165, 1.54) is 31.7 Å². The number of pyridine rings is 1. The molecule has 1 N–H and O–H groups in total. The van der Waals surface area contributed by atoms with Crippen LogP contribution in [0.1, 0.15) is 17.4 Å². The number of amides is 1. The number of ether oxygens (including phenoxy) is 1. The third kappa shape index (κ3) is 3.96. The molecule has 7 nitrogen and oxygen atoms in total. The molecule has 0 aromatic carbocycles. The number of carbonyl (C=O) groups is 2. The summed E-state index contributed by atoms with van der Waals surface area (Å²) in [7, 11) is 0. The van der Waals surface area contributed by atoms with Gasteiger partial charge in [0, 0.05) is 18.6 Å². The van der Waals surface area contributed by atoms with Crippen LogP contribution in [0.25, 0.3) is 0 Å². The van der Waals surface area contributed by atoms with Crippen LogP contribution in [0, 0.1) is 0 Å². The summed E-state index contributed by atoms with van der Waals surface area (Å²) in [5, 5.41) is 2.67. The Hall–Kier alpha value is -2.54. The second-order valence-electron chi connectivity index (χ2n) is 3.97. The van der Waals surface area contributed by atoms with Crippen molar-refractivity contribution in [2.75, 3.05) is 5.32 Å². The third-order valence-corrected chi connectivity index (χ3v) is 2.74. The standard InChI is InChI=1S/C13H11ClN4O3/c1-8(21-13(20)10-7-15-5-6-16-10)12(19)18-9-3-2-4-17-11(9)14/h2-8H,1H3,(H,18,19). The molecule has 0 aliphatic heterocycles. The molecular formula is C13H11ClN4O3. The molecule has 1 unspecified atom stereocenters. The number of hydrogen-bond acceptors (Lipinski definition) is 6. The van der Waals surface area contributed by atoms with Gasteiger partial charge in [-0.05, 0) is 19.1 Å². The fraction of sp³-hybridized carbons (Fsp3) is 0.154. The van der Waals surface area contributed by atoms with Crippen LogP contribution in [0.4, 0.5) is 5.69 Å². The summed E-state index contributed by atoms with van der Waals surface area (Å²) >= 11 is 5.82. The van der Waals surface area contributed by atoms with Gasteiger partial charge < -0.3 is 10.1 Å². The number of nitrogens with one attached hydrogen (secondary N) is 1. The Kier molecular flexibility index (Phi) is 4.78. The van der Waals surface area contributed by atoms with E-state index in [0.29, 0.717) is 5.69 Å². The Bertz CT molecular complexity index is 651. The van der Waals surface area contributed by atoms with E-state index in [1.807, 2.05) is 0 Å². The maximum atomic E-state index is 11.9. The van der Waals surface area contributed by atoms with Crippen molar-refractivity contribution in [1.82, 2.24) is 15.0 Å². The molecule has 0 bridgehead atoms. The zero-order valence-corrected chi connectivity index (χ0v) is 11.7. The van der Waals surface area contributed by atoms with E-state index in [9.17, 15) is 9.59 Å². The topological polar surface area (TPSA) is 94.1 Å². The minimum atomic E-state index is -1.02. The summed E-state index contributed by atoms with van der Waals surface area (Å²) in [5.41, 5.74) is 0.364. The van der Waals surface area contributed by atoms with Gasteiger partial charge in [-0.15, -0.1) is 0 Å². The first-order valence-corrected chi connectivity index (χ1v) is 6.34.